The van der Waals surface area contributed by atoms with E-state index >= 15 is 0 Å². The first-order valence-electron chi connectivity index (χ1n) is 5.84. The van der Waals surface area contributed by atoms with Gasteiger partial charge in [0.2, 0.25) is 0 Å². The lowest BCUT2D eigenvalue weighted by Gasteiger charge is -2.10. The van der Waals surface area contributed by atoms with Crippen LogP contribution in [0.5, 0.6) is 0 Å². The molecule has 0 amide bonds. The van der Waals surface area contributed by atoms with Crippen molar-refractivity contribution in [3.8, 4) is 0 Å². The molecule has 1 heterocycles. The number of rotatable bonds is 2. The molecule has 0 atom stereocenters. The average molecular weight is 209 g/mol. The zero-order chi connectivity index (χ0) is 9.80. The largest absolute Gasteiger partial charge is 0.249 e. The van der Waals surface area contributed by atoms with Crippen LogP contribution in [0.2, 0.25) is 0 Å². The highest BCUT2D eigenvalue weighted by Crippen LogP contribution is 2.34. The molecule has 1 aliphatic rings. The Labute approximate surface area is 90.6 Å². The van der Waals surface area contributed by atoms with Crippen molar-refractivity contribution in [1.29, 1.82) is 0 Å². The maximum absolute atomic E-state index is 4.46. The van der Waals surface area contributed by atoms with Gasteiger partial charge in [0.15, 0.2) is 0 Å². The van der Waals surface area contributed by atoms with Gasteiger partial charge in [-0.15, -0.1) is 11.3 Å². The second kappa shape index (κ2) is 4.92. The zero-order valence-corrected chi connectivity index (χ0v) is 9.78. The van der Waals surface area contributed by atoms with Crippen molar-refractivity contribution in [3.63, 3.8) is 0 Å². The summed E-state index contributed by atoms with van der Waals surface area (Å²) in [6.45, 7) is 2.19. The number of aromatic nitrogens is 1. The van der Waals surface area contributed by atoms with Gasteiger partial charge in [-0.3, -0.25) is 0 Å². The lowest BCUT2D eigenvalue weighted by molar-refractivity contribution is 0.601. The van der Waals surface area contributed by atoms with Gasteiger partial charge in [0.1, 0.15) is 0 Å². The number of hydrogen-bond acceptors (Lipinski definition) is 2. The van der Waals surface area contributed by atoms with Crippen LogP contribution in [-0.2, 0) is 6.42 Å². The van der Waals surface area contributed by atoms with E-state index in [2.05, 4.69) is 18.1 Å². The van der Waals surface area contributed by atoms with Gasteiger partial charge >= 0.3 is 0 Å². The maximum atomic E-state index is 4.46. The predicted octanol–water partition coefficient (Wildman–Crippen LogP) is 4.14. The van der Waals surface area contributed by atoms with Gasteiger partial charge in [-0.1, -0.05) is 32.6 Å². The van der Waals surface area contributed by atoms with Crippen LogP contribution in [0.1, 0.15) is 61.3 Å². The Morgan fingerprint density at radius 1 is 1.29 bits per heavy atom. The summed E-state index contributed by atoms with van der Waals surface area (Å²) in [5, 5.41) is 1.31. The Morgan fingerprint density at radius 3 is 2.57 bits per heavy atom. The molecule has 0 spiro atoms. The number of thiazole rings is 1. The fourth-order valence-corrected chi connectivity index (χ4v) is 3.27. The lowest BCUT2D eigenvalue weighted by Crippen LogP contribution is -1.93. The molecule has 0 N–H and O–H groups in total. The van der Waals surface area contributed by atoms with Gasteiger partial charge in [0.25, 0.3) is 0 Å². The first kappa shape index (κ1) is 10.2. The molecule has 1 fully saturated rings. The molecule has 0 saturated heterocycles. The molecule has 0 aromatic carbocycles. The summed E-state index contributed by atoms with van der Waals surface area (Å²) in [5.74, 6) is 0.829. The number of nitrogens with zero attached hydrogens (tertiary/aromatic N) is 1. The molecule has 1 saturated carbocycles. The SMILES string of the molecule is CCc1ncc(C2CCCCCC2)s1. The van der Waals surface area contributed by atoms with E-state index in [0.717, 1.165) is 12.3 Å². The van der Waals surface area contributed by atoms with Crippen LogP contribution >= 0.6 is 11.3 Å². The average Bonchev–Trinajstić information content (AvgIpc) is 2.53. The molecule has 1 aromatic heterocycles. The Kier molecular flexibility index (Phi) is 3.57. The minimum atomic E-state index is 0.829. The summed E-state index contributed by atoms with van der Waals surface area (Å²) in [4.78, 5) is 6.00. The number of hydrogen-bond donors (Lipinski definition) is 0. The molecule has 1 aliphatic carbocycles. The van der Waals surface area contributed by atoms with Crippen LogP contribution in [0.3, 0.4) is 0 Å². The number of aryl methyl sites for hydroxylation is 1. The monoisotopic (exact) mass is 209 g/mol. The van der Waals surface area contributed by atoms with E-state index in [9.17, 15) is 0 Å². The van der Waals surface area contributed by atoms with Crippen molar-refractivity contribution in [3.05, 3.63) is 16.1 Å². The van der Waals surface area contributed by atoms with Crippen molar-refractivity contribution < 1.29 is 0 Å². The second-order valence-electron chi connectivity index (χ2n) is 4.20. The standard InChI is InChI=1S/C12H19NS/c1-2-12-13-9-11(14-12)10-7-5-3-4-6-8-10/h9-10H,2-8H2,1H3. The summed E-state index contributed by atoms with van der Waals surface area (Å²) in [6.07, 6.45) is 11.7. The highest BCUT2D eigenvalue weighted by molar-refractivity contribution is 7.11. The maximum Gasteiger partial charge on any atom is 0.0925 e. The molecule has 14 heavy (non-hydrogen) atoms. The molecule has 0 unspecified atom stereocenters. The second-order valence-corrected chi connectivity index (χ2v) is 5.35. The van der Waals surface area contributed by atoms with Gasteiger partial charge < -0.3 is 0 Å². The van der Waals surface area contributed by atoms with Crippen molar-refractivity contribution in [2.24, 2.45) is 0 Å². The van der Waals surface area contributed by atoms with Crippen LogP contribution in [0.15, 0.2) is 6.20 Å². The lowest BCUT2D eigenvalue weighted by atomic mass is 9.99. The molecular weight excluding hydrogens is 190 g/mol. The van der Waals surface area contributed by atoms with Crippen LogP contribution in [0, 0.1) is 0 Å². The van der Waals surface area contributed by atoms with Gasteiger partial charge in [0.05, 0.1) is 5.01 Å². The van der Waals surface area contributed by atoms with Gasteiger partial charge in [-0.2, -0.15) is 0 Å². The van der Waals surface area contributed by atoms with Crippen molar-refractivity contribution in [1.82, 2.24) is 4.98 Å². The van der Waals surface area contributed by atoms with Crippen molar-refractivity contribution >= 4 is 11.3 Å². The van der Waals surface area contributed by atoms with E-state index < -0.39 is 0 Å². The topological polar surface area (TPSA) is 12.9 Å². The van der Waals surface area contributed by atoms with Crippen LogP contribution in [-0.4, -0.2) is 4.98 Å². The Hall–Kier alpha value is -0.370. The fourth-order valence-electron chi connectivity index (χ4n) is 2.24. The molecule has 2 rings (SSSR count). The van der Waals surface area contributed by atoms with Crippen molar-refractivity contribution in [2.45, 2.75) is 57.8 Å². The molecule has 1 aromatic rings. The first-order chi connectivity index (χ1) is 6.90. The van der Waals surface area contributed by atoms with Crippen LogP contribution in [0.25, 0.3) is 0 Å². The molecule has 1 nitrogen and oxygen atoms in total. The minimum absolute atomic E-state index is 0.829. The van der Waals surface area contributed by atoms with Gasteiger partial charge in [0, 0.05) is 11.1 Å². The molecule has 0 radical (unpaired) electrons. The smallest absolute Gasteiger partial charge is 0.0925 e. The molecule has 78 valence electrons. The summed E-state index contributed by atoms with van der Waals surface area (Å²) in [5.41, 5.74) is 0. The zero-order valence-electron chi connectivity index (χ0n) is 8.96. The van der Waals surface area contributed by atoms with Gasteiger partial charge in [-0.25, -0.2) is 4.98 Å². The van der Waals surface area contributed by atoms with E-state index in [1.54, 1.807) is 4.88 Å². The first-order valence-corrected chi connectivity index (χ1v) is 6.66. The fraction of sp³-hybridized carbons (Fsp3) is 0.750. The van der Waals surface area contributed by atoms with E-state index in [1.165, 1.54) is 43.5 Å². The molecule has 2 heteroatoms. The highest BCUT2D eigenvalue weighted by Gasteiger charge is 2.16. The minimum Gasteiger partial charge on any atom is -0.249 e. The summed E-state index contributed by atoms with van der Waals surface area (Å²) in [7, 11) is 0. The van der Waals surface area contributed by atoms with Gasteiger partial charge in [-0.05, 0) is 25.2 Å². The molecule has 0 aliphatic heterocycles. The third-order valence-corrected chi connectivity index (χ3v) is 4.44. The third-order valence-electron chi connectivity index (χ3n) is 3.13. The Morgan fingerprint density at radius 2 is 2.00 bits per heavy atom. The Bertz CT molecular complexity index is 272. The summed E-state index contributed by atoms with van der Waals surface area (Å²) in [6, 6.07) is 0. The van der Waals surface area contributed by atoms with Crippen molar-refractivity contribution in [2.75, 3.05) is 0 Å². The predicted molar refractivity (Wildman–Crippen MR) is 61.9 cm³/mol. The highest BCUT2D eigenvalue weighted by atomic mass is 32.1. The van der Waals surface area contributed by atoms with Crippen LogP contribution in [0.4, 0.5) is 0 Å². The summed E-state index contributed by atoms with van der Waals surface area (Å²) >= 11 is 1.94. The van der Waals surface area contributed by atoms with Crippen LogP contribution < -0.4 is 0 Å². The summed E-state index contributed by atoms with van der Waals surface area (Å²) < 4.78 is 0. The quantitative estimate of drug-likeness (QED) is 0.667. The van der Waals surface area contributed by atoms with E-state index in [-0.39, 0.29) is 0 Å². The molecule has 0 bridgehead atoms. The molecular formula is C12H19NS. The normalized spacial score (nSPS) is 19.5. The van der Waals surface area contributed by atoms with E-state index in [4.69, 9.17) is 0 Å². The van der Waals surface area contributed by atoms with E-state index in [1.807, 2.05) is 11.3 Å². The van der Waals surface area contributed by atoms with E-state index in [0.29, 0.717) is 0 Å². The Balaban J connectivity index is 2.04. The third kappa shape index (κ3) is 2.35.